The number of nitrogens with zero attached hydrogens (tertiary/aromatic N) is 2. The fraction of sp³-hybridized carbons (Fsp3) is 0.381. The van der Waals surface area contributed by atoms with Crippen molar-refractivity contribution in [3.63, 3.8) is 0 Å². The summed E-state index contributed by atoms with van der Waals surface area (Å²) in [7, 11) is 5.62. The van der Waals surface area contributed by atoms with Gasteiger partial charge < -0.3 is 15.5 Å². The Morgan fingerprint density at radius 1 is 1.07 bits per heavy atom. The van der Waals surface area contributed by atoms with Gasteiger partial charge in [0.2, 0.25) is 0 Å². The molecule has 2 rings (SSSR count). The number of halogens is 2. The summed E-state index contributed by atoms with van der Waals surface area (Å²) in [6.07, 6.45) is 2.09. The monoisotopic (exact) mass is 516 g/mol. The highest BCUT2D eigenvalue weighted by atomic mass is 127. The van der Waals surface area contributed by atoms with E-state index in [9.17, 15) is 4.39 Å². The molecule has 0 heterocycles. The SMILES string of the molecule is CN=C(NCc1ccc(F)c(CN(C)C)c1)NCc1ccc(C)cc1SC.I. The number of aryl methyl sites for hydroxylation is 1. The van der Waals surface area contributed by atoms with Crippen LogP contribution in [0.25, 0.3) is 0 Å². The molecule has 0 saturated heterocycles. The molecule has 0 aliphatic rings. The Kier molecular flexibility index (Phi) is 10.8. The van der Waals surface area contributed by atoms with Gasteiger partial charge in [-0.25, -0.2) is 4.39 Å². The first kappa shape index (κ1) is 24.7. The van der Waals surface area contributed by atoms with Gasteiger partial charge in [-0.3, -0.25) is 4.99 Å². The van der Waals surface area contributed by atoms with Gasteiger partial charge in [0, 0.05) is 37.1 Å². The van der Waals surface area contributed by atoms with E-state index in [1.165, 1.54) is 22.1 Å². The van der Waals surface area contributed by atoms with Gasteiger partial charge in [0.05, 0.1) is 0 Å². The third-order valence-corrected chi connectivity index (χ3v) is 4.99. The van der Waals surface area contributed by atoms with Crippen LogP contribution < -0.4 is 10.6 Å². The summed E-state index contributed by atoms with van der Waals surface area (Å²) in [5.41, 5.74) is 4.23. The van der Waals surface area contributed by atoms with Gasteiger partial charge in [-0.1, -0.05) is 18.2 Å². The number of hydrogen-bond donors (Lipinski definition) is 2. The van der Waals surface area contributed by atoms with Crippen LogP contribution in [0, 0.1) is 12.7 Å². The number of benzene rings is 2. The molecule has 2 aromatic carbocycles. The molecule has 0 unspecified atom stereocenters. The summed E-state index contributed by atoms with van der Waals surface area (Å²) in [6.45, 7) is 3.97. The Morgan fingerprint density at radius 3 is 2.43 bits per heavy atom. The van der Waals surface area contributed by atoms with Crippen LogP contribution in [-0.4, -0.2) is 38.3 Å². The lowest BCUT2D eigenvalue weighted by molar-refractivity contribution is 0.392. The second-order valence-corrected chi connectivity index (χ2v) is 7.61. The molecule has 7 heteroatoms. The van der Waals surface area contributed by atoms with E-state index in [-0.39, 0.29) is 29.8 Å². The maximum absolute atomic E-state index is 13.9. The minimum Gasteiger partial charge on any atom is -0.352 e. The third-order valence-electron chi connectivity index (χ3n) is 4.17. The first-order valence-corrected chi connectivity index (χ1v) is 10.2. The van der Waals surface area contributed by atoms with Crippen molar-refractivity contribution in [3.05, 3.63) is 64.5 Å². The van der Waals surface area contributed by atoms with Crippen LogP contribution in [0.1, 0.15) is 22.3 Å². The zero-order chi connectivity index (χ0) is 19.8. The first-order valence-electron chi connectivity index (χ1n) is 8.93. The minimum absolute atomic E-state index is 0. The molecule has 154 valence electrons. The van der Waals surface area contributed by atoms with E-state index in [0.717, 1.165) is 11.5 Å². The van der Waals surface area contributed by atoms with Crippen molar-refractivity contribution in [2.45, 2.75) is 31.5 Å². The molecule has 0 amide bonds. The van der Waals surface area contributed by atoms with Crippen LogP contribution in [0.5, 0.6) is 0 Å². The number of thioether (sulfide) groups is 1. The molecule has 0 atom stereocenters. The molecule has 0 saturated carbocycles. The van der Waals surface area contributed by atoms with Gasteiger partial charge in [0.25, 0.3) is 0 Å². The standard InChI is InChI=1S/C21H29FN4S.HI/c1-15-6-8-17(20(10-15)27-5)13-25-21(23-2)24-12-16-7-9-19(22)18(11-16)14-26(3)4;/h6-11H,12-14H2,1-5H3,(H2,23,24,25);1H. The second-order valence-electron chi connectivity index (χ2n) is 6.76. The largest absolute Gasteiger partial charge is 0.352 e. The molecule has 0 fully saturated rings. The van der Waals surface area contributed by atoms with Crippen molar-refractivity contribution < 1.29 is 4.39 Å². The van der Waals surface area contributed by atoms with Crippen molar-refractivity contribution in [1.29, 1.82) is 0 Å². The molecule has 4 nitrogen and oxygen atoms in total. The lowest BCUT2D eigenvalue weighted by atomic mass is 10.1. The zero-order valence-electron chi connectivity index (χ0n) is 17.2. The van der Waals surface area contributed by atoms with Crippen LogP contribution in [0.2, 0.25) is 0 Å². The van der Waals surface area contributed by atoms with Crippen molar-refractivity contribution in [2.24, 2.45) is 4.99 Å². The molecule has 0 spiro atoms. The number of rotatable bonds is 7. The molecule has 2 N–H and O–H groups in total. The minimum atomic E-state index is -0.168. The number of aliphatic imine (C=N–C) groups is 1. The fourth-order valence-electron chi connectivity index (χ4n) is 2.78. The van der Waals surface area contributed by atoms with Gasteiger partial charge in [-0.2, -0.15) is 0 Å². The fourth-order valence-corrected chi connectivity index (χ4v) is 3.49. The molecule has 0 bridgehead atoms. The summed E-state index contributed by atoms with van der Waals surface area (Å²) < 4.78 is 13.9. The normalized spacial score (nSPS) is 11.3. The highest BCUT2D eigenvalue weighted by molar-refractivity contribution is 14.0. The summed E-state index contributed by atoms with van der Waals surface area (Å²) in [4.78, 5) is 7.51. The molecule has 0 aliphatic heterocycles. The van der Waals surface area contributed by atoms with Crippen molar-refractivity contribution >= 4 is 41.7 Å². The van der Waals surface area contributed by atoms with Gasteiger partial charge in [-0.15, -0.1) is 35.7 Å². The summed E-state index contributed by atoms with van der Waals surface area (Å²) in [5.74, 6) is 0.556. The highest BCUT2D eigenvalue weighted by Gasteiger charge is 2.07. The average Bonchev–Trinajstić information content (AvgIpc) is 2.64. The third kappa shape index (κ3) is 7.60. The smallest absolute Gasteiger partial charge is 0.191 e. The predicted molar refractivity (Wildman–Crippen MR) is 129 cm³/mol. The van der Waals surface area contributed by atoms with Gasteiger partial charge >= 0.3 is 0 Å². The van der Waals surface area contributed by atoms with Gasteiger partial charge in [-0.05, 0) is 62.2 Å². The van der Waals surface area contributed by atoms with Crippen molar-refractivity contribution in [1.82, 2.24) is 15.5 Å². The Hall–Kier alpha value is -1.32. The maximum atomic E-state index is 13.9. The van der Waals surface area contributed by atoms with E-state index in [1.54, 1.807) is 24.9 Å². The highest BCUT2D eigenvalue weighted by Crippen LogP contribution is 2.21. The molecular formula is C21H30FIN4S. The quantitative estimate of drug-likeness (QED) is 0.248. The summed E-state index contributed by atoms with van der Waals surface area (Å²) in [6, 6.07) is 11.7. The number of nitrogens with one attached hydrogen (secondary N) is 2. The van der Waals surface area contributed by atoms with Crippen LogP contribution >= 0.6 is 35.7 Å². The first-order chi connectivity index (χ1) is 12.9. The van der Waals surface area contributed by atoms with E-state index < -0.39 is 0 Å². The maximum Gasteiger partial charge on any atom is 0.191 e. The van der Waals surface area contributed by atoms with Crippen LogP contribution in [-0.2, 0) is 19.6 Å². The molecular weight excluding hydrogens is 486 g/mol. The second kappa shape index (κ2) is 12.3. The molecule has 0 aromatic heterocycles. The van der Waals surface area contributed by atoms with Gasteiger partial charge in [0.1, 0.15) is 5.82 Å². The molecule has 28 heavy (non-hydrogen) atoms. The Balaban J connectivity index is 0.00000392. The van der Waals surface area contributed by atoms with E-state index in [0.29, 0.717) is 25.2 Å². The van der Waals surface area contributed by atoms with E-state index >= 15 is 0 Å². The predicted octanol–water partition coefficient (Wildman–Crippen LogP) is 4.40. The Bertz CT molecular complexity index is 796. The topological polar surface area (TPSA) is 39.7 Å². The number of hydrogen-bond acceptors (Lipinski definition) is 3. The lowest BCUT2D eigenvalue weighted by Crippen LogP contribution is -2.36. The Morgan fingerprint density at radius 2 is 1.79 bits per heavy atom. The van der Waals surface area contributed by atoms with E-state index in [1.807, 2.05) is 25.1 Å². The summed E-state index contributed by atoms with van der Waals surface area (Å²) in [5, 5.41) is 6.65. The van der Waals surface area contributed by atoms with Crippen molar-refractivity contribution in [3.8, 4) is 0 Å². The Labute approximate surface area is 189 Å². The average molecular weight is 516 g/mol. The van der Waals surface area contributed by atoms with E-state index in [2.05, 4.69) is 47.0 Å². The van der Waals surface area contributed by atoms with E-state index in [4.69, 9.17) is 0 Å². The number of guanidine groups is 1. The van der Waals surface area contributed by atoms with Crippen LogP contribution in [0.4, 0.5) is 4.39 Å². The molecule has 0 aliphatic carbocycles. The summed E-state index contributed by atoms with van der Waals surface area (Å²) >= 11 is 1.75. The van der Waals surface area contributed by atoms with Gasteiger partial charge in [0.15, 0.2) is 5.96 Å². The lowest BCUT2D eigenvalue weighted by Gasteiger charge is -2.15. The van der Waals surface area contributed by atoms with Crippen LogP contribution in [0.15, 0.2) is 46.3 Å². The van der Waals surface area contributed by atoms with Crippen LogP contribution in [0.3, 0.4) is 0 Å². The zero-order valence-corrected chi connectivity index (χ0v) is 20.3. The molecule has 0 radical (unpaired) electrons. The van der Waals surface area contributed by atoms with Crippen molar-refractivity contribution in [2.75, 3.05) is 27.4 Å². The molecule has 2 aromatic rings.